The van der Waals surface area contributed by atoms with Crippen LogP contribution in [0, 0.1) is 17.8 Å². The summed E-state index contributed by atoms with van der Waals surface area (Å²) in [6, 6.07) is 9.05. The quantitative estimate of drug-likeness (QED) is 0.380. The van der Waals surface area contributed by atoms with Gasteiger partial charge in [-0.1, -0.05) is 49.3 Å². The summed E-state index contributed by atoms with van der Waals surface area (Å²) in [5.41, 5.74) is 2.76. The van der Waals surface area contributed by atoms with Gasteiger partial charge in [-0.2, -0.15) is 0 Å². The van der Waals surface area contributed by atoms with Gasteiger partial charge in [0.05, 0.1) is 6.61 Å². The van der Waals surface area contributed by atoms with Crippen molar-refractivity contribution in [3.63, 3.8) is 0 Å². The van der Waals surface area contributed by atoms with Crippen molar-refractivity contribution in [1.29, 1.82) is 0 Å². The van der Waals surface area contributed by atoms with Crippen LogP contribution in [0.15, 0.2) is 36.4 Å². The molecule has 0 amide bonds. The maximum Gasteiger partial charge on any atom is 0.242 e. The molecule has 0 atom stereocenters. The van der Waals surface area contributed by atoms with Crippen molar-refractivity contribution in [1.82, 2.24) is 0 Å². The Bertz CT molecular complexity index is 594. The fourth-order valence-electron chi connectivity index (χ4n) is 5.57. The Kier molecular flexibility index (Phi) is 9.17. The summed E-state index contributed by atoms with van der Waals surface area (Å²) in [6.07, 6.45) is 14.4. The van der Waals surface area contributed by atoms with Gasteiger partial charge in [0.25, 0.3) is 0 Å². The van der Waals surface area contributed by atoms with Crippen LogP contribution in [0.2, 0.25) is 0 Å². The summed E-state index contributed by atoms with van der Waals surface area (Å²) in [6.45, 7) is 0.696. The molecule has 0 heterocycles. The fourth-order valence-corrected chi connectivity index (χ4v) is 5.57. The van der Waals surface area contributed by atoms with Crippen LogP contribution < -0.4 is 0 Å². The van der Waals surface area contributed by atoms with Crippen LogP contribution in [0.25, 0.3) is 0 Å². The van der Waals surface area contributed by atoms with Crippen LogP contribution in [0.3, 0.4) is 0 Å². The summed E-state index contributed by atoms with van der Waals surface area (Å²) in [5.74, 6) is 3.39. The Hall–Kier alpha value is -1.22. The van der Waals surface area contributed by atoms with Gasteiger partial charge < -0.3 is 4.74 Å². The summed E-state index contributed by atoms with van der Waals surface area (Å²) in [4.78, 5) is 0. The Morgan fingerprint density at radius 3 is 2.10 bits per heavy atom. The lowest BCUT2D eigenvalue weighted by Crippen LogP contribution is -2.25. The highest BCUT2D eigenvalue weighted by molar-refractivity contribution is 5.25. The molecule has 2 aliphatic carbocycles. The molecule has 3 rings (SSSR count). The van der Waals surface area contributed by atoms with E-state index in [9.17, 15) is 8.78 Å². The second-order valence-electron chi connectivity index (χ2n) is 9.24. The standard InChI is InChI=1S/C26H38F2O/c1-29-19-21-9-13-23(14-10-21)25-17-15-24(16-18-25)22-11-7-20(8-12-22)5-3-2-4-6-26(27)28/h2,4,9-10,13-14,20,22,24-26H,3,5-8,11-12,15-19H2,1H3. The minimum absolute atomic E-state index is 0.0906. The van der Waals surface area contributed by atoms with Gasteiger partial charge in [-0.15, -0.1) is 0 Å². The number of ether oxygens (including phenoxy) is 1. The molecule has 1 aromatic carbocycles. The zero-order valence-corrected chi connectivity index (χ0v) is 18.0. The first-order valence-corrected chi connectivity index (χ1v) is 11.7. The van der Waals surface area contributed by atoms with E-state index in [1.54, 1.807) is 13.2 Å². The van der Waals surface area contributed by atoms with E-state index < -0.39 is 6.43 Å². The van der Waals surface area contributed by atoms with E-state index in [0.29, 0.717) is 6.61 Å². The first kappa shape index (κ1) is 22.5. The number of hydrogen-bond donors (Lipinski definition) is 0. The maximum absolute atomic E-state index is 12.1. The van der Waals surface area contributed by atoms with Crippen molar-refractivity contribution in [3.8, 4) is 0 Å². The molecule has 3 heteroatoms. The summed E-state index contributed by atoms with van der Waals surface area (Å²) < 4.78 is 29.5. The number of allylic oxidation sites excluding steroid dienone is 2. The van der Waals surface area contributed by atoms with Gasteiger partial charge in [0.1, 0.15) is 0 Å². The Morgan fingerprint density at radius 1 is 0.897 bits per heavy atom. The van der Waals surface area contributed by atoms with Crippen molar-refractivity contribution in [3.05, 3.63) is 47.5 Å². The number of benzene rings is 1. The molecule has 1 aromatic rings. The van der Waals surface area contributed by atoms with E-state index in [4.69, 9.17) is 4.74 Å². The zero-order valence-electron chi connectivity index (χ0n) is 18.0. The minimum Gasteiger partial charge on any atom is -0.380 e. The Balaban J connectivity index is 1.35. The predicted molar refractivity (Wildman–Crippen MR) is 116 cm³/mol. The first-order chi connectivity index (χ1) is 14.2. The summed E-state index contributed by atoms with van der Waals surface area (Å²) in [7, 11) is 1.75. The highest BCUT2D eigenvalue weighted by Gasteiger charge is 2.31. The normalized spacial score (nSPS) is 28.3. The summed E-state index contributed by atoms with van der Waals surface area (Å²) in [5, 5.41) is 0. The predicted octanol–water partition coefficient (Wildman–Crippen LogP) is 7.90. The number of alkyl halides is 2. The topological polar surface area (TPSA) is 9.23 Å². The number of methoxy groups -OCH3 is 1. The van der Waals surface area contributed by atoms with Gasteiger partial charge in [0.15, 0.2) is 0 Å². The summed E-state index contributed by atoms with van der Waals surface area (Å²) >= 11 is 0. The molecular formula is C26H38F2O. The van der Waals surface area contributed by atoms with Crippen LogP contribution in [-0.2, 0) is 11.3 Å². The fraction of sp³-hybridized carbons (Fsp3) is 0.692. The van der Waals surface area contributed by atoms with E-state index in [1.807, 2.05) is 6.08 Å². The highest BCUT2D eigenvalue weighted by atomic mass is 19.3. The smallest absolute Gasteiger partial charge is 0.242 e. The Morgan fingerprint density at radius 2 is 1.52 bits per heavy atom. The maximum atomic E-state index is 12.1. The van der Waals surface area contributed by atoms with E-state index in [1.165, 1.54) is 68.9 Å². The van der Waals surface area contributed by atoms with E-state index in [0.717, 1.165) is 30.1 Å². The minimum atomic E-state index is -2.20. The van der Waals surface area contributed by atoms with Crippen molar-refractivity contribution in [2.45, 2.75) is 89.6 Å². The molecule has 2 aliphatic rings. The zero-order chi connectivity index (χ0) is 20.5. The molecule has 0 radical (unpaired) electrons. The molecule has 0 aliphatic heterocycles. The molecule has 0 unspecified atom stereocenters. The number of halogens is 2. The van der Waals surface area contributed by atoms with Crippen molar-refractivity contribution in [2.75, 3.05) is 7.11 Å². The van der Waals surface area contributed by atoms with Crippen LogP contribution in [0.4, 0.5) is 8.78 Å². The lowest BCUT2D eigenvalue weighted by Gasteiger charge is -2.38. The molecule has 29 heavy (non-hydrogen) atoms. The average molecular weight is 405 g/mol. The molecular weight excluding hydrogens is 366 g/mol. The molecule has 0 saturated heterocycles. The third-order valence-corrected chi connectivity index (χ3v) is 7.31. The van der Waals surface area contributed by atoms with Gasteiger partial charge in [-0.05, 0) is 86.2 Å². The third kappa shape index (κ3) is 7.20. The van der Waals surface area contributed by atoms with Crippen LogP contribution in [0.1, 0.15) is 87.7 Å². The van der Waals surface area contributed by atoms with Crippen molar-refractivity contribution in [2.24, 2.45) is 17.8 Å². The van der Waals surface area contributed by atoms with E-state index in [2.05, 4.69) is 24.3 Å². The van der Waals surface area contributed by atoms with E-state index >= 15 is 0 Å². The number of hydrogen-bond acceptors (Lipinski definition) is 1. The van der Waals surface area contributed by atoms with Crippen molar-refractivity contribution >= 4 is 0 Å². The highest BCUT2D eigenvalue weighted by Crippen LogP contribution is 2.44. The average Bonchev–Trinajstić information content (AvgIpc) is 2.75. The lowest BCUT2D eigenvalue weighted by molar-refractivity contribution is 0.152. The van der Waals surface area contributed by atoms with Gasteiger partial charge in [-0.3, -0.25) is 0 Å². The molecule has 162 valence electrons. The van der Waals surface area contributed by atoms with Crippen LogP contribution in [0.5, 0.6) is 0 Å². The SMILES string of the molecule is COCc1ccc(C2CCC(C3CCC(CCC=CCC(F)F)CC3)CC2)cc1. The molecule has 0 N–H and O–H groups in total. The molecule has 0 spiro atoms. The largest absolute Gasteiger partial charge is 0.380 e. The van der Waals surface area contributed by atoms with E-state index in [-0.39, 0.29) is 6.42 Å². The van der Waals surface area contributed by atoms with Gasteiger partial charge in [-0.25, -0.2) is 8.78 Å². The number of rotatable bonds is 9. The monoisotopic (exact) mass is 404 g/mol. The molecule has 0 aromatic heterocycles. The second kappa shape index (κ2) is 11.8. The second-order valence-corrected chi connectivity index (χ2v) is 9.24. The Labute approximate surface area is 175 Å². The first-order valence-electron chi connectivity index (χ1n) is 11.7. The molecule has 2 saturated carbocycles. The van der Waals surface area contributed by atoms with Crippen molar-refractivity contribution < 1.29 is 13.5 Å². The third-order valence-electron chi connectivity index (χ3n) is 7.31. The van der Waals surface area contributed by atoms with Crippen LogP contribution >= 0.6 is 0 Å². The molecule has 2 fully saturated rings. The lowest BCUT2D eigenvalue weighted by atomic mass is 9.68. The molecule has 1 nitrogen and oxygen atoms in total. The molecule has 0 bridgehead atoms. The van der Waals surface area contributed by atoms with Gasteiger partial charge in [0.2, 0.25) is 6.43 Å². The van der Waals surface area contributed by atoms with Crippen LogP contribution in [-0.4, -0.2) is 13.5 Å². The van der Waals surface area contributed by atoms with Gasteiger partial charge in [0, 0.05) is 13.5 Å². The van der Waals surface area contributed by atoms with Gasteiger partial charge >= 0.3 is 0 Å².